The van der Waals surface area contributed by atoms with Crippen LogP contribution in [0.5, 0.6) is 0 Å². The number of aliphatic carboxylic acids is 1. The number of aliphatic hydroxyl groups is 1. The SMILES string of the molecule is CCC(/C=C/[C@H]1OC(=O)C=C[C@@H]1C)=C\[C@H](C)C/C=C/C(C)=C/[C@@H](C)C(=O)[C@H](C)[C@H](O)[C@H](C)C/C(C)=C/C(=O)O. The molecule has 1 aliphatic rings. The van der Waals surface area contributed by atoms with Crippen molar-refractivity contribution < 1.29 is 29.3 Å². The minimum atomic E-state index is -1.01. The van der Waals surface area contributed by atoms with Crippen molar-refractivity contribution >= 4 is 17.7 Å². The first-order chi connectivity index (χ1) is 18.2. The number of Topliss-reactive ketones (excluding diaryl/α,β-unsaturated/α-hetero) is 1. The highest BCUT2D eigenvalue weighted by Gasteiger charge is 2.29. The maximum atomic E-state index is 13.0. The lowest BCUT2D eigenvalue weighted by molar-refractivity contribution is -0.143. The molecule has 39 heavy (non-hydrogen) atoms. The Morgan fingerprint density at radius 3 is 2.38 bits per heavy atom. The Labute approximate surface area is 234 Å². The number of cyclic esters (lactones) is 1. The monoisotopic (exact) mass is 540 g/mol. The molecule has 0 saturated heterocycles. The maximum absolute atomic E-state index is 13.0. The Morgan fingerprint density at radius 1 is 1.10 bits per heavy atom. The molecule has 0 aromatic rings. The van der Waals surface area contributed by atoms with Crippen LogP contribution < -0.4 is 0 Å². The number of aliphatic hydroxyl groups excluding tert-OH is 1. The van der Waals surface area contributed by atoms with Gasteiger partial charge in [0.25, 0.3) is 0 Å². The average Bonchev–Trinajstić information content (AvgIpc) is 2.86. The second kappa shape index (κ2) is 16.9. The molecule has 0 amide bonds. The van der Waals surface area contributed by atoms with Crippen molar-refractivity contribution in [1.29, 1.82) is 0 Å². The number of rotatable bonds is 15. The number of carbonyl (C=O) groups excluding carboxylic acids is 2. The predicted molar refractivity (Wildman–Crippen MR) is 157 cm³/mol. The highest BCUT2D eigenvalue weighted by atomic mass is 16.5. The smallest absolute Gasteiger partial charge is 0.331 e. The molecule has 1 rings (SSSR count). The number of carboxylic acid groups (broad SMARTS) is 1. The van der Waals surface area contributed by atoms with E-state index in [1.807, 2.05) is 58.1 Å². The second-order valence-electron chi connectivity index (χ2n) is 11.1. The van der Waals surface area contributed by atoms with E-state index >= 15 is 0 Å². The molecule has 0 aliphatic carbocycles. The van der Waals surface area contributed by atoms with Gasteiger partial charge in [-0.1, -0.05) is 94.7 Å². The van der Waals surface area contributed by atoms with Gasteiger partial charge in [0.2, 0.25) is 0 Å². The molecule has 1 heterocycles. The Bertz CT molecular complexity index is 1020. The van der Waals surface area contributed by atoms with Crippen LogP contribution in [0.3, 0.4) is 0 Å². The van der Waals surface area contributed by atoms with Gasteiger partial charge in [-0.15, -0.1) is 0 Å². The van der Waals surface area contributed by atoms with E-state index < -0.39 is 18.0 Å². The van der Waals surface area contributed by atoms with Crippen LogP contribution in [0, 0.1) is 29.6 Å². The predicted octanol–water partition coefficient (Wildman–Crippen LogP) is 6.78. The van der Waals surface area contributed by atoms with Gasteiger partial charge in [0.15, 0.2) is 0 Å². The number of hydrogen-bond donors (Lipinski definition) is 2. The molecule has 6 heteroatoms. The molecule has 0 bridgehead atoms. The lowest BCUT2D eigenvalue weighted by Gasteiger charge is -2.25. The number of allylic oxidation sites excluding steroid dienone is 8. The summed E-state index contributed by atoms with van der Waals surface area (Å²) in [6.07, 6.45) is 17.8. The lowest BCUT2D eigenvalue weighted by Crippen LogP contribution is -2.34. The van der Waals surface area contributed by atoms with Crippen molar-refractivity contribution in [3.8, 4) is 0 Å². The first-order valence-electron chi connectivity index (χ1n) is 14.0. The van der Waals surface area contributed by atoms with Gasteiger partial charge in [-0.2, -0.15) is 0 Å². The van der Waals surface area contributed by atoms with Crippen molar-refractivity contribution in [1.82, 2.24) is 0 Å². The zero-order valence-corrected chi connectivity index (χ0v) is 24.9. The molecule has 0 radical (unpaired) electrons. The fourth-order valence-electron chi connectivity index (χ4n) is 4.75. The summed E-state index contributed by atoms with van der Waals surface area (Å²) in [5, 5.41) is 19.6. The van der Waals surface area contributed by atoms with Crippen LogP contribution in [0.1, 0.15) is 74.7 Å². The van der Waals surface area contributed by atoms with Gasteiger partial charge in [-0.05, 0) is 51.0 Å². The van der Waals surface area contributed by atoms with Crippen LogP contribution in [0.25, 0.3) is 0 Å². The van der Waals surface area contributed by atoms with E-state index in [0.29, 0.717) is 17.9 Å². The van der Waals surface area contributed by atoms with Crippen LogP contribution in [0.4, 0.5) is 0 Å². The summed E-state index contributed by atoms with van der Waals surface area (Å²) in [6.45, 7) is 15.4. The summed E-state index contributed by atoms with van der Waals surface area (Å²) in [5.74, 6) is -2.01. The van der Waals surface area contributed by atoms with E-state index in [4.69, 9.17) is 9.84 Å². The number of ketones is 1. The van der Waals surface area contributed by atoms with Crippen LogP contribution in [0.2, 0.25) is 0 Å². The first kappa shape index (κ1) is 34.0. The Morgan fingerprint density at radius 2 is 1.77 bits per heavy atom. The average molecular weight is 541 g/mol. The van der Waals surface area contributed by atoms with Gasteiger partial charge in [0.05, 0.1) is 6.10 Å². The van der Waals surface area contributed by atoms with E-state index in [-0.39, 0.29) is 35.6 Å². The van der Waals surface area contributed by atoms with E-state index in [2.05, 4.69) is 26.0 Å². The van der Waals surface area contributed by atoms with Crippen LogP contribution >= 0.6 is 0 Å². The van der Waals surface area contributed by atoms with Crippen molar-refractivity contribution in [3.63, 3.8) is 0 Å². The molecule has 2 N–H and O–H groups in total. The minimum Gasteiger partial charge on any atom is -0.478 e. The number of ether oxygens (including phenoxy) is 1. The Hall–Kier alpha value is -2.99. The van der Waals surface area contributed by atoms with Crippen molar-refractivity contribution in [2.45, 2.75) is 86.9 Å². The number of carboxylic acids is 1. The van der Waals surface area contributed by atoms with Crippen molar-refractivity contribution in [3.05, 3.63) is 71.4 Å². The lowest BCUT2D eigenvalue weighted by atomic mass is 9.83. The number of carbonyl (C=O) groups is 3. The summed E-state index contributed by atoms with van der Waals surface area (Å²) in [7, 11) is 0. The molecule has 1 aliphatic heterocycles. The highest BCUT2D eigenvalue weighted by Crippen LogP contribution is 2.24. The molecule has 0 aromatic heterocycles. The van der Waals surface area contributed by atoms with Gasteiger partial charge in [0.1, 0.15) is 11.9 Å². The molecular weight excluding hydrogens is 492 g/mol. The van der Waals surface area contributed by atoms with Gasteiger partial charge < -0.3 is 14.9 Å². The molecule has 0 aromatic carbocycles. The van der Waals surface area contributed by atoms with Crippen LogP contribution in [-0.2, 0) is 19.1 Å². The fourth-order valence-corrected chi connectivity index (χ4v) is 4.75. The summed E-state index contributed by atoms with van der Waals surface area (Å²) in [4.78, 5) is 35.3. The minimum absolute atomic E-state index is 0.0360. The largest absolute Gasteiger partial charge is 0.478 e. The third kappa shape index (κ3) is 12.6. The molecular formula is C33H48O6. The van der Waals surface area contributed by atoms with Crippen molar-refractivity contribution in [2.75, 3.05) is 0 Å². The molecule has 0 unspecified atom stereocenters. The van der Waals surface area contributed by atoms with Crippen molar-refractivity contribution in [2.24, 2.45) is 29.6 Å². The number of esters is 1. The van der Waals surface area contributed by atoms with Gasteiger partial charge >= 0.3 is 11.9 Å². The quantitative estimate of drug-likeness (QED) is 0.135. The second-order valence-corrected chi connectivity index (χ2v) is 11.1. The van der Waals surface area contributed by atoms with E-state index in [1.165, 1.54) is 11.6 Å². The molecule has 7 atom stereocenters. The van der Waals surface area contributed by atoms with Crippen LogP contribution in [0.15, 0.2) is 71.4 Å². The Balaban J connectivity index is 2.69. The first-order valence-corrected chi connectivity index (χ1v) is 14.0. The summed E-state index contributed by atoms with van der Waals surface area (Å²) in [5.41, 5.74) is 2.84. The maximum Gasteiger partial charge on any atom is 0.331 e. The standard InChI is InChI=1S/C33H48O6/c1-9-28(14-15-29-24(5)13-16-31(36)39-29)19-22(3)12-10-11-21(2)17-25(6)32(37)27(8)33(38)26(7)18-23(4)20-30(34)35/h10-11,13-17,19-20,22,24-27,29,33,38H,9,12,18H2,1-8H3,(H,34,35)/b11-10+,15-14+,21-17+,23-20+,28-19+/t22-,24+,25-,26-,27+,29-,33-/m1/s1. The number of hydrogen-bond acceptors (Lipinski definition) is 5. The topological polar surface area (TPSA) is 101 Å². The van der Waals surface area contributed by atoms with E-state index in [9.17, 15) is 19.5 Å². The zero-order chi connectivity index (χ0) is 29.7. The highest BCUT2D eigenvalue weighted by molar-refractivity contribution is 5.85. The van der Waals surface area contributed by atoms with Gasteiger partial charge in [0, 0.05) is 29.9 Å². The zero-order valence-electron chi connectivity index (χ0n) is 24.9. The van der Waals surface area contributed by atoms with Crippen LogP contribution in [-0.4, -0.2) is 40.1 Å². The molecule has 0 fully saturated rings. The molecule has 6 nitrogen and oxygen atoms in total. The van der Waals surface area contributed by atoms with Gasteiger partial charge in [-0.3, -0.25) is 4.79 Å². The molecule has 0 spiro atoms. The van der Waals surface area contributed by atoms with E-state index in [1.54, 1.807) is 13.8 Å². The molecule has 0 saturated carbocycles. The van der Waals surface area contributed by atoms with E-state index in [0.717, 1.165) is 24.5 Å². The summed E-state index contributed by atoms with van der Waals surface area (Å²) < 4.78 is 5.39. The Kier molecular flexibility index (Phi) is 14.7. The third-order valence-electron chi connectivity index (χ3n) is 7.12. The third-order valence-corrected chi connectivity index (χ3v) is 7.12. The van der Waals surface area contributed by atoms with Gasteiger partial charge in [-0.25, -0.2) is 9.59 Å². The molecule has 216 valence electrons. The fraction of sp³-hybridized carbons (Fsp3) is 0.545. The summed E-state index contributed by atoms with van der Waals surface area (Å²) in [6, 6.07) is 0. The summed E-state index contributed by atoms with van der Waals surface area (Å²) >= 11 is 0. The normalized spacial score (nSPS) is 23.0.